The molecule has 0 amide bonds. The second-order valence-corrected chi connectivity index (χ2v) is 28.3. The summed E-state index contributed by atoms with van der Waals surface area (Å²) in [6.45, 7) is 7.13. The number of rotatable bonds is 69. The van der Waals surface area contributed by atoms with Gasteiger partial charge in [0.1, 0.15) is 19.3 Å². The van der Waals surface area contributed by atoms with Crippen LogP contribution < -0.4 is 0 Å². The van der Waals surface area contributed by atoms with Gasteiger partial charge in [-0.25, -0.2) is 9.13 Å². The summed E-state index contributed by atoms with van der Waals surface area (Å²) in [5.74, 6) is -1.45. The van der Waals surface area contributed by atoms with Crippen molar-refractivity contribution in [1.82, 2.24) is 0 Å². The Morgan fingerprint density at radius 3 is 0.911 bits per heavy atom. The summed E-state index contributed by atoms with van der Waals surface area (Å²) in [6.07, 6.45) is 53.5. The Kier molecular flexibility index (Phi) is 62.2. The fraction of sp³-hybridized carbons (Fsp3) is 0.887. The molecule has 0 saturated carbocycles. The quantitative estimate of drug-likeness (QED) is 0.0169. The zero-order chi connectivity index (χ0) is 66.3. The van der Waals surface area contributed by atoms with E-state index in [4.69, 9.17) is 37.0 Å². The van der Waals surface area contributed by atoms with Gasteiger partial charge in [0.15, 0.2) is 12.2 Å². The van der Waals surface area contributed by atoms with Crippen molar-refractivity contribution < 1.29 is 80.2 Å². The molecule has 0 radical (unpaired) electrons. The molecule has 0 aromatic rings. The smallest absolute Gasteiger partial charge is 0.462 e. The Bertz CT molecular complexity index is 1830. The number of phosphoric acid groups is 2. The number of hydrogen-bond acceptors (Lipinski definition) is 15. The van der Waals surface area contributed by atoms with Crippen LogP contribution in [0.2, 0.25) is 0 Å². The molecule has 0 rings (SSSR count). The fourth-order valence-electron chi connectivity index (χ4n) is 10.3. The number of ether oxygens (including phenoxy) is 4. The van der Waals surface area contributed by atoms with Crippen LogP contribution in [0.5, 0.6) is 0 Å². The monoisotopic (exact) mass is 1320 g/mol. The van der Waals surface area contributed by atoms with Crippen LogP contribution in [0.25, 0.3) is 0 Å². The van der Waals surface area contributed by atoms with E-state index in [0.717, 1.165) is 109 Å². The van der Waals surface area contributed by atoms with Crippen LogP contribution in [0.1, 0.15) is 343 Å². The van der Waals surface area contributed by atoms with Gasteiger partial charge in [0.05, 0.1) is 26.4 Å². The largest absolute Gasteiger partial charge is 0.472 e. The van der Waals surface area contributed by atoms with E-state index in [2.05, 4.69) is 58.9 Å². The van der Waals surface area contributed by atoms with Crippen molar-refractivity contribution in [3.8, 4) is 0 Å². The van der Waals surface area contributed by atoms with Gasteiger partial charge in [-0.3, -0.25) is 37.3 Å². The SMILES string of the molecule is CCCCCC/C=C\C=C/CCCCCCCC(=O)O[C@H](COC(=O)CCCCCCCCCCCCCCC)COP(=O)(O)OC[C@@H](O)COP(=O)(O)OC[C@@H](COC(=O)CCCCCCCCCC(C)C)OC(=O)CCCCCCCCCCCCCC. The second-order valence-electron chi connectivity index (χ2n) is 25.4. The average molecular weight is 1320 g/mol. The van der Waals surface area contributed by atoms with Crippen LogP contribution in [0.4, 0.5) is 0 Å². The minimum atomic E-state index is -4.96. The molecule has 19 heteroatoms. The van der Waals surface area contributed by atoms with Crippen LogP contribution >= 0.6 is 15.6 Å². The van der Waals surface area contributed by atoms with Gasteiger partial charge in [0.2, 0.25) is 0 Å². The minimum Gasteiger partial charge on any atom is -0.462 e. The number of esters is 4. The number of carbonyl (C=O) groups excluding carboxylic acids is 4. The number of allylic oxidation sites excluding steroid dienone is 4. The summed E-state index contributed by atoms with van der Waals surface area (Å²) in [5, 5.41) is 10.6. The Hall–Kier alpha value is -2.46. The summed E-state index contributed by atoms with van der Waals surface area (Å²) in [4.78, 5) is 72.5. The molecule has 17 nitrogen and oxygen atoms in total. The van der Waals surface area contributed by atoms with E-state index >= 15 is 0 Å². The second kappa shape index (κ2) is 63.9. The molecule has 0 heterocycles. The molecule has 0 bridgehead atoms. The molecular weight excluding hydrogens is 1190 g/mol. The molecule has 0 fully saturated rings. The maximum Gasteiger partial charge on any atom is 0.472 e. The van der Waals surface area contributed by atoms with Crippen LogP contribution in [0, 0.1) is 5.92 Å². The molecule has 0 saturated heterocycles. The Balaban J connectivity index is 5.29. The molecule has 0 aromatic heterocycles. The van der Waals surface area contributed by atoms with Crippen molar-refractivity contribution in [2.45, 2.75) is 361 Å². The normalized spacial score (nSPS) is 14.2. The first kappa shape index (κ1) is 87.5. The molecule has 5 atom stereocenters. The Labute approximate surface area is 548 Å². The van der Waals surface area contributed by atoms with E-state index in [9.17, 15) is 43.2 Å². The Morgan fingerprint density at radius 2 is 0.600 bits per heavy atom. The maximum atomic E-state index is 13.0. The molecule has 0 aliphatic rings. The highest BCUT2D eigenvalue weighted by Gasteiger charge is 2.30. The molecule has 2 unspecified atom stereocenters. The molecule has 0 aliphatic carbocycles. The zero-order valence-electron chi connectivity index (χ0n) is 57.8. The summed E-state index contributed by atoms with van der Waals surface area (Å²) in [7, 11) is -9.91. The number of hydrogen-bond donors (Lipinski definition) is 3. The molecule has 0 spiro atoms. The van der Waals surface area contributed by atoms with Gasteiger partial charge in [0, 0.05) is 25.7 Å². The number of unbranched alkanes of at least 4 members (excludes halogenated alkanes) is 38. The number of phosphoric ester groups is 2. The van der Waals surface area contributed by atoms with Crippen molar-refractivity contribution in [2.24, 2.45) is 5.92 Å². The standard InChI is InChI=1S/C71H134O17P2/c1-6-9-12-15-18-21-24-27-28-30-33-36-41-47-52-57-71(76)87-66(60-81-68(73)54-49-44-39-34-32-29-25-22-19-16-13-10-7-2)62-85-89(77,78)83-58-65(72)59-84-90(79,80)86-63-67(61-82-69(74)55-50-45-42-37-38-43-48-53-64(4)5)88-70(75)56-51-46-40-35-31-26-23-20-17-14-11-8-3/h21,24,27-28,64-67,72H,6-20,22-23,25-26,29-63H2,1-5H3,(H,77,78)(H,79,80)/b24-21-,28-27-/t65-,66-,67-/m1/s1. The average Bonchev–Trinajstić information content (AvgIpc) is 3.48. The number of carbonyl (C=O) groups is 4. The van der Waals surface area contributed by atoms with E-state index in [1.54, 1.807) is 0 Å². The van der Waals surface area contributed by atoms with Crippen LogP contribution in [0.15, 0.2) is 24.3 Å². The van der Waals surface area contributed by atoms with Crippen molar-refractivity contribution in [1.29, 1.82) is 0 Å². The van der Waals surface area contributed by atoms with Crippen LogP contribution in [0.3, 0.4) is 0 Å². The van der Waals surface area contributed by atoms with E-state index in [-0.39, 0.29) is 25.7 Å². The Morgan fingerprint density at radius 1 is 0.344 bits per heavy atom. The van der Waals surface area contributed by atoms with Gasteiger partial charge in [-0.1, -0.05) is 290 Å². The predicted octanol–water partition coefficient (Wildman–Crippen LogP) is 20.1. The third-order valence-corrected chi connectivity index (χ3v) is 17.8. The van der Waals surface area contributed by atoms with Crippen molar-refractivity contribution >= 4 is 39.5 Å². The molecule has 3 N–H and O–H groups in total. The van der Waals surface area contributed by atoms with Gasteiger partial charge in [0.25, 0.3) is 0 Å². The van der Waals surface area contributed by atoms with E-state index in [1.807, 2.05) is 0 Å². The first-order chi connectivity index (χ1) is 43.5. The molecule has 90 heavy (non-hydrogen) atoms. The van der Waals surface area contributed by atoms with Gasteiger partial charge in [-0.05, 0) is 57.3 Å². The molecule has 530 valence electrons. The number of aliphatic hydroxyl groups excluding tert-OH is 1. The van der Waals surface area contributed by atoms with Gasteiger partial charge < -0.3 is 33.8 Å². The van der Waals surface area contributed by atoms with Gasteiger partial charge in [-0.2, -0.15) is 0 Å². The van der Waals surface area contributed by atoms with E-state index in [0.29, 0.717) is 31.6 Å². The molecule has 0 aliphatic heterocycles. The van der Waals surface area contributed by atoms with Crippen molar-refractivity contribution in [3.05, 3.63) is 24.3 Å². The summed E-state index contributed by atoms with van der Waals surface area (Å²) >= 11 is 0. The predicted molar refractivity (Wildman–Crippen MR) is 363 cm³/mol. The van der Waals surface area contributed by atoms with Crippen molar-refractivity contribution in [3.63, 3.8) is 0 Å². The summed E-state index contributed by atoms with van der Waals surface area (Å²) in [5.41, 5.74) is 0. The third-order valence-electron chi connectivity index (χ3n) is 15.9. The van der Waals surface area contributed by atoms with Crippen LogP contribution in [-0.4, -0.2) is 96.7 Å². The lowest BCUT2D eigenvalue weighted by Crippen LogP contribution is -2.30. The van der Waals surface area contributed by atoms with Gasteiger partial charge >= 0.3 is 39.5 Å². The molecule has 0 aromatic carbocycles. The topological polar surface area (TPSA) is 237 Å². The highest BCUT2D eigenvalue weighted by molar-refractivity contribution is 7.47. The van der Waals surface area contributed by atoms with E-state index < -0.39 is 97.5 Å². The number of aliphatic hydroxyl groups is 1. The first-order valence-corrected chi connectivity index (χ1v) is 39.4. The zero-order valence-corrected chi connectivity index (χ0v) is 59.5. The lowest BCUT2D eigenvalue weighted by atomic mass is 10.0. The first-order valence-electron chi connectivity index (χ1n) is 36.5. The highest BCUT2D eigenvalue weighted by Crippen LogP contribution is 2.45. The van der Waals surface area contributed by atoms with Crippen molar-refractivity contribution in [2.75, 3.05) is 39.6 Å². The maximum absolute atomic E-state index is 13.0. The lowest BCUT2D eigenvalue weighted by molar-refractivity contribution is -0.161. The van der Waals surface area contributed by atoms with E-state index in [1.165, 1.54) is 148 Å². The summed E-state index contributed by atoms with van der Waals surface area (Å²) in [6, 6.07) is 0. The fourth-order valence-corrected chi connectivity index (χ4v) is 11.9. The van der Waals surface area contributed by atoms with Crippen LogP contribution in [-0.2, 0) is 65.4 Å². The summed E-state index contributed by atoms with van der Waals surface area (Å²) < 4.78 is 68.3. The van der Waals surface area contributed by atoms with Gasteiger partial charge in [-0.15, -0.1) is 0 Å². The third kappa shape index (κ3) is 64.3. The molecular formula is C71H134O17P2. The lowest BCUT2D eigenvalue weighted by Gasteiger charge is -2.21. The highest BCUT2D eigenvalue weighted by atomic mass is 31.2. The minimum absolute atomic E-state index is 0.0854.